The Morgan fingerprint density at radius 3 is 2.71 bits per heavy atom. The number of hydrogen-bond donors (Lipinski definition) is 4. The second-order valence-electron chi connectivity index (χ2n) is 10.1. The van der Waals surface area contributed by atoms with Crippen LogP contribution >= 0.6 is 0 Å². The van der Waals surface area contributed by atoms with Crippen LogP contribution in [-0.2, 0) is 20.8 Å². The molecule has 34 heavy (non-hydrogen) atoms. The van der Waals surface area contributed by atoms with Crippen molar-refractivity contribution < 1.29 is 19.1 Å². The Morgan fingerprint density at radius 2 is 2.03 bits per heavy atom. The SMILES string of the molecule is COc1cccc2c1CC(C(=O)N[C@H](C(=O)N[C@H](C#N)C[C@@H]1CCNC1=O)C1CC3CC3C1)N2. The van der Waals surface area contributed by atoms with Gasteiger partial charge in [-0.1, -0.05) is 6.07 Å². The Kier molecular flexibility index (Phi) is 6.07. The first-order valence-electron chi connectivity index (χ1n) is 12.2. The van der Waals surface area contributed by atoms with Crippen LogP contribution < -0.4 is 26.0 Å². The molecular weight excluding hydrogens is 434 g/mol. The van der Waals surface area contributed by atoms with Crippen molar-refractivity contribution in [2.75, 3.05) is 19.0 Å². The normalized spacial score (nSPS) is 30.1. The maximum atomic E-state index is 13.3. The van der Waals surface area contributed by atoms with E-state index < -0.39 is 18.1 Å². The molecule has 3 amide bonds. The molecule has 2 saturated carbocycles. The van der Waals surface area contributed by atoms with Gasteiger partial charge in [0.1, 0.15) is 23.9 Å². The molecule has 9 nitrogen and oxygen atoms in total. The van der Waals surface area contributed by atoms with Gasteiger partial charge in [0.15, 0.2) is 0 Å². The van der Waals surface area contributed by atoms with Crippen LogP contribution in [0.2, 0.25) is 0 Å². The van der Waals surface area contributed by atoms with E-state index in [9.17, 15) is 19.6 Å². The van der Waals surface area contributed by atoms with Crippen LogP contribution in [0.15, 0.2) is 18.2 Å². The number of nitrogens with one attached hydrogen (secondary N) is 4. The van der Waals surface area contributed by atoms with E-state index in [4.69, 9.17) is 4.74 Å². The number of nitriles is 1. The number of nitrogens with zero attached hydrogens (tertiary/aromatic N) is 1. The number of ether oxygens (including phenoxy) is 1. The molecule has 2 heterocycles. The fourth-order valence-corrected chi connectivity index (χ4v) is 5.95. The molecule has 1 aromatic carbocycles. The lowest BCUT2D eigenvalue weighted by Crippen LogP contribution is -2.55. The van der Waals surface area contributed by atoms with Gasteiger partial charge in [-0.25, -0.2) is 0 Å². The Morgan fingerprint density at radius 1 is 1.24 bits per heavy atom. The third-order valence-corrected chi connectivity index (χ3v) is 7.89. The van der Waals surface area contributed by atoms with E-state index in [1.165, 1.54) is 6.42 Å². The zero-order valence-corrected chi connectivity index (χ0v) is 19.3. The van der Waals surface area contributed by atoms with Gasteiger partial charge in [0, 0.05) is 30.1 Å². The van der Waals surface area contributed by atoms with Gasteiger partial charge in [-0.3, -0.25) is 14.4 Å². The van der Waals surface area contributed by atoms with E-state index in [0.717, 1.165) is 29.8 Å². The summed E-state index contributed by atoms with van der Waals surface area (Å²) in [6, 6.07) is 5.83. The van der Waals surface area contributed by atoms with E-state index in [1.807, 2.05) is 18.2 Å². The number of hydrogen-bond acceptors (Lipinski definition) is 6. The fraction of sp³-hybridized carbons (Fsp3) is 0.600. The van der Waals surface area contributed by atoms with Crippen LogP contribution in [0.3, 0.4) is 0 Å². The fourth-order valence-electron chi connectivity index (χ4n) is 5.95. The van der Waals surface area contributed by atoms with Gasteiger partial charge in [-0.2, -0.15) is 5.26 Å². The Hall–Kier alpha value is -3.28. The highest BCUT2D eigenvalue weighted by Gasteiger charge is 2.50. The number of carbonyl (C=O) groups is 3. The van der Waals surface area contributed by atoms with Gasteiger partial charge in [-0.15, -0.1) is 0 Å². The molecule has 1 aromatic rings. The third kappa shape index (κ3) is 4.41. The van der Waals surface area contributed by atoms with Crippen LogP contribution in [0.5, 0.6) is 5.75 Å². The van der Waals surface area contributed by atoms with Crippen molar-refractivity contribution in [3.05, 3.63) is 23.8 Å². The number of anilines is 1. The molecule has 3 fully saturated rings. The van der Waals surface area contributed by atoms with Crippen LogP contribution in [0.25, 0.3) is 0 Å². The summed E-state index contributed by atoms with van der Waals surface area (Å²) in [6.07, 6.45) is 4.46. The summed E-state index contributed by atoms with van der Waals surface area (Å²) < 4.78 is 5.43. The van der Waals surface area contributed by atoms with E-state index in [1.54, 1.807) is 7.11 Å². The van der Waals surface area contributed by atoms with Gasteiger partial charge < -0.3 is 26.0 Å². The molecular formula is C25H31N5O4. The smallest absolute Gasteiger partial charge is 0.243 e. The molecule has 6 atom stereocenters. The van der Waals surface area contributed by atoms with Crippen molar-refractivity contribution in [1.82, 2.24) is 16.0 Å². The van der Waals surface area contributed by atoms with E-state index >= 15 is 0 Å². The van der Waals surface area contributed by atoms with Crippen molar-refractivity contribution in [2.24, 2.45) is 23.7 Å². The molecule has 1 saturated heterocycles. The maximum absolute atomic E-state index is 13.3. The second kappa shape index (κ2) is 9.16. The van der Waals surface area contributed by atoms with Gasteiger partial charge in [0.25, 0.3) is 0 Å². The Labute approximate surface area is 199 Å². The molecule has 0 bridgehead atoms. The summed E-state index contributed by atoms with van der Waals surface area (Å²) in [5.74, 6) is 1.16. The first-order chi connectivity index (χ1) is 16.5. The minimum absolute atomic E-state index is 0.0557. The molecule has 4 N–H and O–H groups in total. The largest absolute Gasteiger partial charge is 0.496 e. The summed E-state index contributed by atoms with van der Waals surface area (Å²) in [5.41, 5.74) is 1.81. The number of amides is 3. The third-order valence-electron chi connectivity index (χ3n) is 7.89. The minimum atomic E-state index is -0.769. The molecule has 0 radical (unpaired) electrons. The highest BCUT2D eigenvalue weighted by molar-refractivity contribution is 5.93. The lowest BCUT2D eigenvalue weighted by molar-refractivity contribution is -0.131. The van der Waals surface area contributed by atoms with Crippen LogP contribution in [0, 0.1) is 35.0 Å². The number of benzene rings is 1. The lowest BCUT2D eigenvalue weighted by atomic mass is 9.92. The average Bonchev–Trinajstić information content (AvgIpc) is 3.18. The highest BCUT2D eigenvalue weighted by atomic mass is 16.5. The zero-order valence-electron chi connectivity index (χ0n) is 19.3. The van der Waals surface area contributed by atoms with Gasteiger partial charge in [0.05, 0.1) is 13.2 Å². The van der Waals surface area contributed by atoms with Crippen LogP contribution in [0.4, 0.5) is 5.69 Å². The topological polar surface area (TPSA) is 132 Å². The van der Waals surface area contributed by atoms with Crippen molar-refractivity contribution in [3.63, 3.8) is 0 Å². The number of carbonyl (C=O) groups excluding carboxylic acids is 3. The van der Waals surface area contributed by atoms with Gasteiger partial charge in [-0.05, 0) is 62.0 Å². The number of methoxy groups -OCH3 is 1. The predicted molar refractivity (Wildman–Crippen MR) is 124 cm³/mol. The summed E-state index contributed by atoms with van der Waals surface area (Å²) in [4.78, 5) is 38.5. The summed E-state index contributed by atoms with van der Waals surface area (Å²) in [6.45, 7) is 0.598. The average molecular weight is 466 g/mol. The van der Waals surface area contributed by atoms with Crippen molar-refractivity contribution in [1.29, 1.82) is 5.26 Å². The van der Waals surface area contributed by atoms with Crippen molar-refractivity contribution in [3.8, 4) is 11.8 Å². The standard InChI is InChI=1S/C25H31N5O4/c1-34-21-4-2-3-19-18(21)11-20(29-19)24(32)30-22(16-8-14-7-15(14)9-16)25(33)28-17(12-26)10-13-5-6-27-23(13)31/h2-4,13-17,20,22,29H,5-11H2,1H3,(H,27,31)(H,28,33)(H,30,32)/t13-,14?,15?,16?,17-,20?,22-/m0/s1. The van der Waals surface area contributed by atoms with Gasteiger partial charge >= 0.3 is 0 Å². The zero-order chi connectivity index (χ0) is 23.8. The Bertz CT molecular complexity index is 1030. The molecule has 9 heteroatoms. The monoisotopic (exact) mass is 465 g/mol. The number of fused-ring (bicyclic) bond motifs is 2. The van der Waals surface area contributed by atoms with Crippen molar-refractivity contribution >= 4 is 23.4 Å². The molecule has 5 rings (SSSR count). The molecule has 2 aliphatic carbocycles. The molecule has 3 unspecified atom stereocenters. The summed E-state index contributed by atoms with van der Waals surface area (Å²) in [5, 5.41) is 21.5. The molecule has 2 aliphatic heterocycles. The van der Waals surface area contributed by atoms with Gasteiger partial charge in [0.2, 0.25) is 17.7 Å². The first kappa shape index (κ1) is 22.5. The molecule has 4 aliphatic rings. The van der Waals surface area contributed by atoms with Crippen LogP contribution in [-0.4, -0.2) is 49.5 Å². The van der Waals surface area contributed by atoms with E-state index in [0.29, 0.717) is 31.2 Å². The minimum Gasteiger partial charge on any atom is -0.496 e. The number of rotatable bonds is 8. The van der Waals surface area contributed by atoms with Crippen LogP contribution in [0.1, 0.15) is 37.7 Å². The summed E-state index contributed by atoms with van der Waals surface area (Å²) >= 11 is 0. The predicted octanol–water partition coefficient (Wildman–Crippen LogP) is 1.10. The first-order valence-corrected chi connectivity index (χ1v) is 12.2. The van der Waals surface area contributed by atoms with E-state index in [2.05, 4.69) is 27.3 Å². The highest BCUT2D eigenvalue weighted by Crippen LogP contribution is 2.55. The molecule has 0 spiro atoms. The second-order valence-corrected chi connectivity index (χ2v) is 10.1. The maximum Gasteiger partial charge on any atom is 0.243 e. The lowest BCUT2D eigenvalue weighted by Gasteiger charge is -2.27. The Balaban J connectivity index is 1.26. The quantitative estimate of drug-likeness (QED) is 0.455. The molecule has 0 aromatic heterocycles. The summed E-state index contributed by atoms with van der Waals surface area (Å²) in [7, 11) is 1.61. The van der Waals surface area contributed by atoms with Crippen molar-refractivity contribution in [2.45, 2.75) is 56.7 Å². The molecule has 180 valence electrons. The van der Waals surface area contributed by atoms with E-state index in [-0.39, 0.29) is 36.0 Å².